The molecule has 0 heterocycles. The lowest BCUT2D eigenvalue weighted by Crippen LogP contribution is -2.30. The first-order valence-electron chi connectivity index (χ1n) is 11.8. The van der Waals surface area contributed by atoms with E-state index in [0.29, 0.717) is 37.9 Å². The van der Waals surface area contributed by atoms with Crippen molar-refractivity contribution in [2.45, 2.75) is 77.2 Å². The molecule has 1 saturated carbocycles. The SMILES string of the molecule is CCCCCCCC(=O)O[C@H]1CC[C@H](C(=O)Oc2ccc(-c3ccc(F)cc3)cc2)CC1. The van der Waals surface area contributed by atoms with E-state index in [9.17, 15) is 14.0 Å². The van der Waals surface area contributed by atoms with Crippen molar-refractivity contribution in [2.24, 2.45) is 5.92 Å². The lowest BCUT2D eigenvalue weighted by molar-refractivity contribution is -0.152. The van der Waals surface area contributed by atoms with Gasteiger partial charge in [0.05, 0.1) is 5.92 Å². The fourth-order valence-corrected chi connectivity index (χ4v) is 4.09. The Morgan fingerprint density at radius 1 is 0.844 bits per heavy atom. The monoisotopic (exact) mass is 440 g/mol. The van der Waals surface area contributed by atoms with Gasteiger partial charge in [-0.15, -0.1) is 0 Å². The molecule has 1 aliphatic carbocycles. The van der Waals surface area contributed by atoms with E-state index in [-0.39, 0.29) is 29.8 Å². The molecule has 3 rings (SSSR count). The normalized spacial score (nSPS) is 18.2. The summed E-state index contributed by atoms with van der Waals surface area (Å²) >= 11 is 0. The van der Waals surface area contributed by atoms with Crippen molar-refractivity contribution < 1.29 is 23.5 Å². The molecule has 1 aliphatic rings. The Morgan fingerprint density at radius 2 is 1.44 bits per heavy atom. The largest absolute Gasteiger partial charge is 0.462 e. The van der Waals surface area contributed by atoms with Crippen LogP contribution in [-0.2, 0) is 14.3 Å². The average molecular weight is 441 g/mol. The van der Waals surface area contributed by atoms with Crippen LogP contribution in [0, 0.1) is 11.7 Å². The first-order valence-corrected chi connectivity index (χ1v) is 11.8. The van der Waals surface area contributed by atoms with Crippen LogP contribution in [0.15, 0.2) is 48.5 Å². The maximum atomic E-state index is 13.1. The van der Waals surface area contributed by atoms with Gasteiger partial charge in [0, 0.05) is 6.42 Å². The Kier molecular flexibility index (Phi) is 9.27. The van der Waals surface area contributed by atoms with Gasteiger partial charge in [-0.1, -0.05) is 56.9 Å². The molecule has 32 heavy (non-hydrogen) atoms. The van der Waals surface area contributed by atoms with Crippen molar-refractivity contribution >= 4 is 11.9 Å². The molecule has 4 nitrogen and oxygen atoms in total. The number of ether oxygens (including phenoxy) is 2. The first-order chi connectivity index (χ1) is 15.5. The Bertz CT molecular complexity index is 852. The number of esters is 2. The van der Waals surface area contributed by atoms with Gasteiger partial charge in [0.15, 0.2) is 0 Å². The Hall–Kier alpha value is -2.69. The van der Waals surface area contributed by atoms with E-state index in [4.69, 9.17) is 9.47 Å². The van der Waals surface area contributed by atoms with Crippen LogP contribution < -0.4 is 4.74 Å². The molecule has 0 N–H and O–H groups in total. The summed E-state index contributed by atoms with van der Waals surface area (Å²) in [6, 6.07) is 13.5. The van der Waals surface area contributed by atoms with Crippen LogP contribution in [0.2, 0.25) is 0 Å². The molecule has 1 fully saturated rings. The fraction of sp³-hybridized carbons (Fsp3) is 0.481. The summed E-state index contributed by atoms with van der Waals surface area (Å²) in [5, 5.41) is 0. The van der Waals surface area contributed by atoms with Crippen LogP contribution in [0.4, 0.5) is 4.39 Å². The van der Waals surface area contributed by atoms with Crippen LogP contribution in [0.1, 0.15) is 71.1 Å². The third-order valence-corrected chi connectivity index (χ3v) is 6.04. The van der Waals surface area contributed by atoms with Gasteiger partial charge in [0.2, 0.25) is 0 Å². The van der Waals surface area contributed by atoms with Crippen LogP contribution >= 0.6 is 0 Å². The summed E-state index contributed by atoms with van der Waals surface area (Å²) in [6.07, 6.45) is 8.68. The molecule has 0 radical (unpaired) electrons. The third kappa shape index (κ3) is 7.47. The summed E-state index contributed by atoms with van der Waals surface area (Å²) in [5.74, 6) is -0.298. The lowest BCUT2D eigenvalue weighted by atomic mass is 9.87. The first kappa shape index (κ1) is 24.0. The number of hydrogen-bond donors (Lipinski definition) is 0. The number of benzene rings is 2. The molecule has 5 heteroatoms. The highest BCUT2D eigenvalue weighted by atomic mass is 19.1. The van der Waals surface area contributed by atoms with Gasteiger partial charge in [-0.3, -0.25) is 9.59 Å². The number of carbonyl (C=O) groups is 2. The summed E-state index contributed by atoms with van der Waals surface area (Å²) < 4.78 is 24.2. The van der Waals surface area contributed by atoms with Crippen molar-refractivity contribution in [1.82, 2.24) is 0 Å². The molecule has 2 aromatic rings. The van der Waals surface area contributed by atoms with Gasteiger partial charge in [-0.25, -0.2) is 4.39 Å². The summed E-state index contributed by atoms with van der Waals surface area (Å²) in [5.41, 5.74) is 1.83. The highest BCUT2D eigenvalue weighted by Gasteiger charge is 2.29. The van der Waals surface area contributed by atoms with Gasteiger partial charge in [0.1, 0.15) is 17.7 Å². The molecule has 0 atom stereocenters. The minimum absolute atomic E-state index is 0.0859. The minimum Gasteiger partial charge on any atom is -0.462 e. The second-order valence-corrected chi connectivity index (χ2v) is 8.58. The van der Waals surface area contributed by atoms with E-state index >= 15 is 0 Å². The van der Waals surface area contributed by atoms with Crippen molar-refractivity contribution in [1.29, 1.82) is 0 Å². The van der Waals surface area contributed by atoms with Crippen LogP contribution in [0.3, 0.4) is 0 Å². The molecule has 2 aromatic carbocycles. The average Bonchev–Trinajstić information content (AvgIpc) is 2.80. The maximum absolute atomic E-state index is 13.1. The highest BCUT2D eigenvalue weighted by molar-refractivity contribution is 5.75. The molecule has 0 saturated heterocycles. The Morgan fingerprint density at radius 3 is 2.06 bits per heavy atom. The van der Waals surface area contributed by atoms with Crippen molar-refractivity contribution in [3.05, 3.63) is 54.3 Å². The third-order valence-electron chi connectivity index (χ3n) is 6.04. The standard InChI is InChI=1S/C27H33FO4/c1-2-3-4-5-6-7-26(29)31-24-18-12-22(13-19-24)27(30)32-25-16-10-21(11-17-25)20-8-14-23(28)15-9-20/h8-11,14-17,22,24H,2-7,12-13,18-19H2,1H3/t22-,24-. The maximum Gasteiger partial charge on any atom is 0.314 e. The predicted molar refractivity (Wildman–Crippen MR) is 123 cm³/mol. The van der Waals surface area contributed by atoms with E-state index in [1.54, 1.807) is 24.3 Å². The Balaban J connectivity index is 1.39. The van der Waals surface area contributed by atoms with Crippen molar-refractivity contribution in [3.63, 3.8) is 0 Å². The zero-order chi connectivity index (χ0) is 22.8. The van der Waals surface area contributed by atoms with Gasteiger partial charge in [-0.2, -0.15) is 0 Å². The number of hydrogen-bond acceptors (Lipinski definition) is 4. The van der Waals surface area contributed by atoms with Crippen molar-refractivity contribution in [3.8, 4) is 16.9 Å². The molecule has 0 amide bonds. The lowest BCUT2D eigenvalue weighted by Gasteiger charge is -2.27. The molecule has 0 aliphatic heterocycles. The molecule has 0 spiro atoms. The highest BCUT2D eigenvalue weighted by Crippen LogP contribution is 2.29. The number of unbranched alkanes of at least 4 members (excludes halogenated alkanes) is 4. The Labute approximate surface area is 190 Å². The molecule has 0 bridgehead atoms. The van der Waals surface area contributed by atoms with E-state index in [1.165, 1.54) is 31.4 Å². The second kappa shape index (κ2) is 12.4. The molecule has 172 valence electrons. The van der Waals surface area contributed by atoms with Crippen LogP contribution in [0.25, 0.3) is 11.1 Å². The number of rotatable bonds is 10. The molecular formula is C27H33FO4. The van der Waals surface area contributed by atoms with E-state index < -0.39 is 0 Å². The van der Waals surface area contributed by atoms with Gasteiger partial charge < -0.3 is 9.47 Å². The van der Waals surface area contributed by atoms with Crippen LogP contribution in [-0.4, -0.2) is 18.0 Å². The van der Waals surface area contributed by atoms with E-state index in [0.717, 1.165) is 24.0 Å². The van der Waals surface area contributed by atoms with Gasteiger partial charge >= 0.3 is 11.9 Å². The minimum atomic E-state index is -0.272. The molecule has 0 unspecified atom stereocenters. The van der Waals surface area contributed by atoms with Crippen LogP contribution in [0.5, 0.6) is 5.75 Å². The summed E-state index contributed by atoms with van der Waals surface area (Å²) in [7, 11) is 0. The van der Waals surface area contributed by atoms with Gasteiger partial charge in [-0.05, 0) is 67.5 Å². The zero-order valence-corrected chi connectivity index (χ0v) is 18.9. The van der Waals surface area contributed by atoms with E-state index in [1.807, 2.05) is 12.1 Å². The number of carbonyl (C=O) groups excluding carboxylic acids is 2. The fourth-order valence-electron chi connectivity index (χ4n) is 4.09. The molecule has 0 aromatic heterocycles. The smallest absolute Gasteiger partial charge is 0.314 e. The summed E-state index contributed by atoms with van der Waals surface area (Å²) in [6.45, 7) is 2.17. The predicted octanol–water partition coefficient (Wildman–Crippen LogP) is 6.86. The topological polar surface area (TPSA) is 52.6 Å². The zero-order valence-electron chi connectivity index (χ0n) is 18.9. The molecular weight excluding hydrogens is 407 g/mol. The number of halogens is 1. The van der Waals surface area contributed by atoms with Crippen molar-refractivity contribution in [2.75, 3.05) is 0 Å². The van der Waals surface area contributed by atoms with E-state index in [2.05, 4.69) is 6.92 Å². The summed E-state index contributed by atoms with van der Waals surface area (Å²) in [4.78, 5) is 24.6. The second-order valence-electron chi connectivity index (χ2n) is 8.58. The van der Waals surface area contributed by atoms with Gasteiger partial charge in [0.25, 0.3) is 0 Å². The quantitative estimate of drug-likeness (QED) is 0.230.